The lowest BCUT2D eigenvalue weighted by Crippen LogP contribution is -1.95. The summed E-state index contributed by atoms with van der Waals surface area (Å²) in [7, 11) is 0. The van der Waals surface area contributed by atoms with Gasteiger partial charge in [0.05, 0.1) is 23.3 Å². The second-order valence-corrected chi connectivity index (χ2v) is 15.5. The molecule has 256 valence electrons. The van der Waals surface area contributed by atoms with Crippen LogP contribution < -0.4 is 0 Å². The van der Waals surface area contributed by atoms with Gasteiger partial charge < -0.3 is 0 Å². The van der Waals surface area contributed by atoms with E-state index in [9.17, 15) is 10.5 Å². The molecule has 0 fully saturated rings. The molecule has 2 aliphatic carbocycles. The van der Waals surface area contributed by atoms with Crippen LogP contribution in [0.2, 0.25) is 0 Å². The van der Waals surface area contributed by atoms with Gasteiger partial charge in [-0.25, -0.2) is 0 Å². The van der Waals surface area contributed by atoms with Crippen LogP contribution in [0.5, 0.6) is 0 Å². The van der Waals surface area contributed by atoms with Crippen molar-refractivity contribution in [2.75, 3.05) is 0 Å². The quantitative estimate of drug-likeness (QED) is 0.168. The van der Waals surface area contributed by atoms with Gasteiger partial charge in [0.2, 0.25) is 0 Å². The highest BCUT2D eigenvalue weighted by Crippen LogP contribution is 2.56. The van der Waals surface area contributed by atoms with Crippen molar-refractivity contribution in [3.05, 3.63) is 168 Å². The first-order valence-electron chi connectivity index (χ1n) is 19.1. The third-order valence-corrected chi connectivity index (χ3v) is 12.6. The Labute approximate surface area is 323 Å². The van der Waals surface area contributed by atoms with Crippen LogP contribution in [-0.2, 0) is 0 Å². The zero-order chi connectivity index (χ0) is 37.4. The molecule has 0 aromatic heterocycles. The molecule has 2 aliphatic rings. The molecule has 0 saturated carbocycles. The standard InChI is InChI=1S/C54H30N2/c1-29-21-32(28-56)22-30(2)50(29)49-25-43-36(42-23-44-37-11-3-7-33-8-4-12-38(51(33)37)45(44)24-47(42)49)19-20-40-46(43)26-48-39-13-5-9-34-10-6-14-41(52(34)39)54(48)53(40)35-17-15-31(27-55)16-18-35/h3-26H,1-2H3. The lowest BCUT2D eigenvalue weighted by molar-refractivity contribution is 1.36. The molecule has 0 saturated heterocycles. The summed E-state index contributed by atoms with van der Waals surface area (Å²) < 4.78 is 0. The normalized spacial score (nSPS) is 12.1. The fourth-order valence-corrected chi connectivity index (χ4v) is 10.3. The molecule has 0 spiro atoms. The Morgan fingerprint density at radius 2 is 0.821 bits per heavy atom. The van der Waals surface area contributed by atoms with Crippen LogP contribution in [0.25, 0.3) is 121 Å². The van der Waals surface area contributed by atoms with E-state index in [1.807, 2.05) is 24.3 Å². The minimum atomic E-state index is 0.649. The van der Waals surface area contributed by atoms with Crippen LogP contribution in [0, 0.1) is 36.5 Å². The van der Waals surface area contributed by atoms with E-state index in [1.54, 1.807) is 0 Å². The number of hydrogen-bond acceptors (Lipinski definition) is 2. The molecule has 0 unspecified atom stereocenters. The van der Waals surface area contributed by atoms with Crippen molar-refractivity contribution in [2.45, 2.75) is 13.8 Å². The van der Waals surface area contributed by atoms with Gasteiger partial charge in [-0.05, 0) is 194 Å². The van der Waals surface area contributed by atoms with Gasteiger partial charge in [0.25, 0.3) is 0 Å². The average molecular weight is 707 g/mol. The van der Waals surface area contributed by atoms with E-state index in [1.165, 1.54) is 115 Å². The topological polar surface area (TPSA) is 47.6 Å². The van der Waals surface area contributed by atoms with Crippen LogP contribution in [0.4, 0.5) is 0 Å². The van der Waals surface area contributed by atoms with Crippen molar-refractivity contribution in [2.24, 2.45) is 0 Å². The van der Waals surface area contributed by atoms with E-state index in [-0.39, 0.29) is 0 Å². The summed E-state index contributed by atoms with van der Waals surface area (Å²) in [5.74, 6) is 0. The third-order valence-electron chi connectivity index (χ3n) is 12.6. The van der Waals surface area contributed by atoms with Gasteiger partial charge in [-0.1, -0.05) is 97.1 Å². The molecule has 56 heavy (non-hydrogen) atoms. The molecule has 10 aromatic carbocycles. The zero-order valence-corrected chi connectivity index (χ0v) is 30.8. The Morgan fingerprint density at radius 1 is 0.339 bits per heavy atom. The number of fused-ring (bicyclic) bond motifs is 11. The summed E-state index contributed by atoms with van der Waals surface area (Å²) >= 11 is 0. The Hall–Kier alpha value is -7.52. The maximum Gasteiger partial charge on any atom is 0.0991 e. The SMILES string of the molecule is Cc1cc(C#N)cc(C)c1-c1cc2c3cc4c(c(-c5ccc(C#N)cc5)c3ccc2c2cc3c(cc12)-c1cccc2cccc-3c12)-c1cccc2cccc-4c12. The van der Waals surface area contributed by atoms with Crippen LogP contribution >= 0.6 is 0 Å². The fraction of sp³-hybridized carbons (Fsp3) is 0.0370. The summed E-state index contributed by atoms with van der Waals surface area (Å²) in [6, 6.07) is 57.8. The molecule has 0 N–H and O–H groups in total. The van der Waals surface area contributed by atoms with E-state index in [4.69, 9.17) is 0 Å². The predicted molar refractivity (Wildman–Crippen MR) is 233 cm³/mol. The van der Waals surface area contributed by atoms with Crippen molar-refractivity contribution in [1.82, 2.24) is 0 Å². The van der Waals surface area contributed by atoms with Gasteiger partial charge in [0.15, 0.2) is 0 Å². The van der Waals surface area contributed by atoms with Crippen molar-refractivity contribution in [1.29, 1.82) is 10.5 Å². The molecular weight excluding hydrogens is 677 g/mol. The molecular formula is C54H30N2. The van der Waals surface area contributed by atoms with Gasteiger partial charge in [-0.3, -0.25) is 0 Å². The lowest BCUT2D eigenvalue weighted by atomic mass is 9.83. The van der Waals surface area contributed by atoms with Crippen LogP contribution in [-0.4, -0.2) is 0 Å². The monoisotopic (exact) mass is 706 g/mol. The Kier molecular flexibility index (Phi) is 6.08. The van der Waals surface area contributed by atoms with Crippen molar-refractivity contribution < 1.29 is 0 Å². The van der Waals surface area contributed by atoms with E-state index in [0.717, 1.165) is 16.7 Å². The number of hydrogen-bond donors (Lipinski definition) is 0. The maximum atomic E-state index is 9.92. The minimum absolute atomic E-state index is 0.649. The predicted octanol–water partition coefficient (Wildman–Crippen LogP) is 14.4. The van der Waals surface area contributed by atoms with Gasteiger partial charge >= 0.3 is 0 Å². The van der Waals surface area contributed by atoms with Gasteiger partial charge in [0, 0.05) is 0 Å². The van der Waals surface area contributed by atoms with Crippen LogP contribution in [0.1, 0.15) is 22.3 Å². The first-order chi connectivity index (χ1) is 27.5. The van der Waals surface area contributed by atoms with E-state index < -0.39 is 0 Å². The largest absolute Gasteiger partial charge is 0.192 e. The van der Waals surface area contributed by atoms with Gasteiger partial charge in [-0.2, -0.15) is 10.5 Å². The average Bonchev–Trinajstić information content (AvgIpc) is 3.73. The minimum Gasteiger partial charge on any atom is -0.192 e. The number of nitrogens with zero attached hydrogens (tertiary/aromatic N) is 2. The molecule has 0 amide bonds. The summed E-state index contributed by atoms with van der Waals surface area (Å²) in [6.45, 7) is 4.28. The highest BCUT2D eigenvalue weighted by molar-refractivity contribution is 6.30. The highest BCUT2D eigenvalue weighted by atomic mass is 14.3. The molecule has 0 heterocycles. The zero-order valence-electron chi connectivity index (χ0n) is 30.8. The molecule has 2 heteroatoms. The maximum absolute atomic E-state index is 9.92. The van der Waals surface area contributed by atoms with Gasteiger partial charge in [0.1, 0.15) is 0 Å². The smallest absolute Gasteiger partial charge is 0.0991 e. The van der Waals surface area contributed by atoms with E-state index in [0.29, 0.717) is 11.1 Å². The summed E-state index contributed by atoms with van der Waals surface area (Å²) in [6.07, 6.45) is 0. The van der Waals surface area contributed by atoms with Crippen molar-refractivity contribution >= 4 is 53.9 Å². The fourth-order valence-electron chi connectivity index (χ4n) is 10.3. The van der Waals surface area contributed by atoms with Crippen LogP contribution in [0.3, 0.4) is 0 Å². The first kappa shape index (κ1) is 30.9. The molecule has 0 atom stereocenters. The Morgan fingerprint density at radius 3 is 1.45 bits per heavy atom. The number of nitriles is 2. The second-order valence-electron chi connectivity index (χ2n) is 15.5. The third kappa shape index (κ3) is 3.98. The second kappa shape index (κ2) is 11.0. The summed E-state index contributed by atoms with van der Waals surface area (Å²) in [5.41, 5.74) is 18.2. The molecule has 0 aliphatic heterocycles. The summed E-state index contributed by atoms with van der Waals surface area (Å²) in [5, 5.41) is 32.0. The Bertz CT molecular complexity index is 3520. The Balaban J connectivity index is 1.27. The number of rotatable bonds is 2. The van der Waals surface area contributed by atoms with Gasteiger partial charge in [-0.15, -0.1) is 0 Å². The molecule has 2 nitrogen and oxygen atoms in total. The van der Waals surface area contributed by atoms with E-state index >= 15 is 0 Å². The number of aryl methyl sites for hydroxylation is 2. The number of benzene rings is 10. The molecule has 10 aromatic rings. The van der Waals surface area contributed by atoms with Crippen LogP contribution in [0.15, 0.2) is 146 Å². The summed E-state index contributed by atoms with van der Waals surface area (Å²) in [4.78, 5) is 0. The van der Waals surface area contributed by atoms with Crippen molar-refractivity contribution in [3.63, 3.8) is 0 Å². The molecule has 0 radical (unpaired) electrons. The van der Waals surface area contributed by atoms with Crippen molar-refractivity contribution in [3.8, 4) is 78.9 Å². The molecule has 0 bridgehead atoms. The van der Waals surface area contributed by atoms with E-state index in [2.05, 4.69) is 147 Å². The molecule has 12 rings (SSSR count). The highest BCUT2D eigenvalue weighted by Gasteiger charge is 2.29. The lowest BCUT2D eigenvalue weighted by Gasteiger charge is -2.20. The first-order valence-corrected chi connectivity index (χ1v) is 19.1.